The molecule has 4 heteroatoms. The van der Waals surface area contributed by atoms with E-state index in [1.165, 1.54) is 5.56 Å². The van der Waals surface area contributed by atoms with E-state index in [1.807, 2.05) is 13.0 Å². The van der Waals surface area contributed by atoms with Gasteiger partial charge in [-0.3, -0.25) is 0 Å². The zero-order valence-electron chi connectivity index (χ0n) is 9.49. The molecule has 0 aliphatic carbocycles. The first-order chi connectivity index (χ1) is 8.25. The van der Waals surface area contributed by atoms with E-state index in [-0.39, 0.29) is 0 Å². The number of benzene rings is 1. The van der Waals surface area contributed by atoms with Crippen LogP contribution in [0.4, 0.5) is 0 Å². The van der Waals surface area contributed by atoms with E-state index in [2.05, 4.69) is 22.1 Å². The molecule has 0 saturated heterocycles. The average molecular weight is 244 g/mol. The highest BCUT2D eigenvalue weighted by Crippen LogP contribution is 2.30. The van der Waals surface area contributed by atoms with Gasteiger partial charge >= 0.3 is 0 Å². The molecule has 0 atom stereocenters. The Morgan fingerprint density at radius 3 is 3.18 bits per heavy atom. The Bertz CT molecular complexity index is 634. The number of rotatable bonds is 1. The van der Waals surface area contributed by atoms with Crippen LogP contribution < -0.4 is 4.74 Å². The lowest BCUT2D eigenvalue weighted by Crippen LogP contribution is -1.92. The molecule has 1 N–H and O–H groups in total. The average Bonchev–Trinajstić information content (AvgIpc) is 2.79. The third kappa shape index (κ3) is 1.74. The molecule has 1 aliphatic rings. The van der Waals surface area contributed by atoms with Gasteiger partial charge in [-0.05, 0) is 36.2 Å². The summed E-state index contributed by atoms with van der Waals surface area (Å²) in [6.45, 7) is 2.77. The fraction of sp³-hybridized carbons (Fsp3) is 0.231. The fourth-order valence-electron chi connectivity index (χ4n) is 2.11. The summed E-state index contributed by atoms with van der Waals surface area (Å²) in [6, 6.07) is 6.24. The van der Waals surface area contributed by atoms with Crippen LogP contribution >= 0.6 is 12.2 Å². The van der Waals surface area contributed by atoms with Crippen molar-refractivity contribution in [2.45, 2.75) is 13.3 Å². The smallest absolute Gasteiger partial charge is 0.132 e. The Morgan fingerprint density at radius 1 is 1.41 bits per heavy atom. The monoisotopic (exact) mass is 244 g/mol. The summed E-state index contributed by atoms with van der Waals surface area (Å²) in [7, 11) is 0. The maximum Gasteiger partial charge on any atom is 0.132 e. The number of nitrogens with zero attached hydrogens (tertiary/aromatic N) is 1. The maximum absolute atomic E-state index is 5.50. The maximum atomic E-state index is 5.50. The Hall–Kier alpha value is -1.68. The first-order valence-electron chi connectivity index (χ1n) is 5.56. The third-order valence-corrected chi connectivity index (χ3v) is 3.48. The largest absolute Gasteiger partial charge is 0.493 e. The van der Waals surface area contributed by atoms with Crippen LogP contribution in [0.5, 0.6) is 5.75 Å². The minimum atomic E-state index is 0.649. The summed E-state index contributed by atoms with van der Waals surface area (Å²) in [5.41, 5.74) is 4.46. The molecule has 1 aromatic heterocycles. The molecule has 2 aromatic rings. The number of nitrogens with one attached hydrogen (secondary N) is 1. The number of hydrogen-bond donors (Lipinski definition) is 1. The standard InChI is InChI=1S/C13H12N2OS/c1-8-12(14-7-15-13(8)17)10-2-3-11-9(6-10)4-5-16-11/h2-3,6-7H,4-5H2,1H3,(H,14,15,17). The molecule has 1 aliphatic heterocycles. The molecule has 0 saturated carbocycles. The molecule has 3 nitrogen and oxygen atoms in total. The van der Waals surface area contributed by atoms with Crippen molar-refractivity contribution in [2.75, 3.05) is 6.61 Å². The van der Waals surface area contributed by atoms with Crippen LogP contribution in [-0.4, -0.2) is 16.6 Å². The molecule has 3 rings (SSSR count). The molecular formula is C13H12N2OS. The highest BCUT2D eigenvalue weighted by atomic mass is 32.1. The summed E-state index contributed by atoms with van der Waals surface area (Å²) < 4.78 is 6.15. The lowest BCUT2D eigenvalue weighted by molar-refractivity contribution is 0.357. The minimum absolute atomic E-state index is 0.649. The number of ether oxygens (including phenoxy) is 1. The van der Waals surface area contributed by atoms with Gasteiger partial charge in [0.25, 0.3) is 0 Å². The van der Waals surface area contributed by atoms with Crippen LogP contribution in [0.1, 0.15) is 11.1 Å². The second kappa shape index (κ2) is 3.96. The van der Waals surface area contributed by atoms with E-state index >= 15 is 0 Å². The van der Waals surface area contributed by atoms with Crippen LogP contribution in [0.25, 0.3) is 11.3 Å². The first-order valence-corrected chi connectivity index (χ1v) is 5.97. The Balaban J connectivity index is 2.16. The summed E-state index contributed by atoms with van der Waals surface area (Å²) in [4.78, 5) is 7.24. The Morgan fingerprint density at radius 2 is 2.29 bits per heavy atom. The van der Waals surface area contributed by atoms with E-state index in [1.54, 1.807) is 6.33 Å². The summed E-state index contributed by atoms with van der Waals surface area (Å²) in [5.74, 6) is 0.999. The van der Waals surface area contributed by atoms with Gasteiger partial charge in [0, 0.05) is 12.0 Å². The SMILES string of the molecule is Cc1c(-c2ccc3c(c2)CCO3)[nH]cnc1=S. The van der Waals surface area contributed by atoms with Crippen LogP contribution in [0.15, 0.2) is 24.5 Å². The topological polar surface area (TPSA) is 37.9 Å². The van der Waals surface area contributed by atoms with Gasteiger partial charge in [-0.2, -0.15) is 0 Å². The van der Waals surface area contributed by atoms with Gasteiger partial charge in [-0.1, -0.05) is 12.2 Å². The number of fused-ring (bicyclic) bond motifs is 1. The van der Waals surface area contributed by atoms with Crippen molar-refractivity contribution in [2.24, 2.45) is 0 Å². The van der Waals surface area contributed by atoms with Crippen molar-refractivity contribution in [1.29, 1.82) is 0 Å². The van der Waals surface area contributed by atoms with Gasteiger partial charge in [-0.25, -0.2) is 4.98 Å². The van der Waals surface area contributed by atoms with Crippen molar-refractivity contribution in [1.82, 2.24) is 9.97 Å². The molecule has 0 unspecified atom stereocenters. The first kappa shape index (κ1) is 10.5. The fourth-order valence-corrected chi connectivity index (χ4v) is 2.26. The Labute approximate surface area is 104 Å². The second-order valence-electron chi connectivity index (χ2n) is 4.13. The molecule has 17 heavy (non-hydrogen) atoms. The molecule has 0 fully saturated rings. The van der Waals surface area contributed by atoms with Crippen LogP contribution in [0.2, 0.25) is 0 Å². The highest BCUT2D eigenvalue weighted by Gasteiger charge is 2.13. The summed E-state index contributed by atoms with van der Waals surface area (Å²) >= 11 is 5.18. The van der Waals surface area contributed by atoms with Crippen molar-refractivity contribution in [3.63, 3.8) is 0 Å². The lowest BCUT2D eigenvalue weighted by atomic mass is 10.0. The van der Waals surface area contributed by atoms with Crippen molar-refractivity contribution < 1.29 is 4.74 Å². The van der Waals surface area contributed by atoms with E-state index < -0.39 is 0 Å². The number of H-pyrrole nitrogens is 1. The third-order valence-electron chi connectivity index (χ3n) is 3.06. The minimum Gasteiger partial charge on any atom is -0.493 e. The number of aromatic nitrogens is 2. The summed E-state index contributed by atoms with van der Waals surface area (Å²) in [5, 5.41) is 0. The predicted molar refractivity (Wildman–Crippen MR) is 68.8 cm³/mol. The molecule has 1 aromatic carbocycles. The quantitative estimate of drug-likeness (QED) is 0.783. The summed E-state index contributed by atoms with van der Waals surface area (Å²) in [6.07, 6.45) is 2.63. The van der Waals surface area contributed by atoms with Crippen molar-refractivity contribution in [3.05, 3.63) is 40.3 Å². The van der Waals surface area contributed by atoms with Gasteiger partial charge in [0.1, 0.15) is 10.4 Å². The molecule has 2 heterocycles. The van der Waals surface area contributed by atoms with E-state index in [0.717, 1.165) is 35.6 Å². The Kier molecular flexibility index (Phi) is 2.44. The van der Waals surface area contributed by atoms with Gasteiger partial charge in [0.05, 0.1) is 18.6 Å². The van der Waals surface area contributed by atoms with Crippen LogP contribution in [0.3, 0.4) is 0 Å². The molecule has 0 bridgehead atoms. The second-order valence-corrected chi connectivity index (χ2v) is 4.52. The van der Waals surface area contributed by atoms with Gasteiger partial charge in [0.15, 0.2) is 0 Å². The molecule has 0 spiro atoms. The molecular weight excluding hydrogens is 232 g/mol. The van der Waals surface area contributed by atoms with Gasteiger partial charge in [0.2, 0.25) is 0 Å². The van der Waals surface area contributed by atoms with Crippen LogP contribution in [0, 0.1) is 11.6 Å². The zero-order valence-corrected chi connectivity index (χ0v) is 10.3. The van der Waals surface area contributed by atoms with Gasteiger partial charge < -0.3 is 9.72 Å². The number of hydrogen-bond acceptors (Lipinski definition) is 3. The van der Waals surface area contributed by atoms with Crippen LogP contribution in [-0.2, 0) is 6.42 Å². The predicted octanol–water partition coefficient (Wildman–Crippen LogP) is 3.05. The molecule has 0 radical (unpaired) electrons. The zero-order chi connectivity index (χ0) is 11.8. The normalized spacial score (nSPS) is 13.2. The van der Waals surface area contributed by atoms with E-state index in [4.69, 9.17) is 17.0 Å². The van der Waals surface area contributed by atoms with E-state index in [9.17, 15) is 0 Å². The molecule has 0 amide bonds. The number of aromatic amines is 1. The van der Waals surface area contributed by atoms with Crippen molar-refractivity contribution in [3.8, 4) is 17.0 Å². The van der Waals surface area contributed by atoms with E-state index in [0.29, 0.717) is 4.64 Å². The van der Waals surface area contributed by atoms with Crippen molar-refractivity contribution >= 4 is 12.2 Å². The molecule has 86 valence electrons. The van der Waals surface area contributed by atoms with Gasteiger partial charge in [-0.15, -0.1) is 0 Å². The highest BCUT2D eigenvalue weighted by molar-refractivity contribution is 7.71. The lowest BCUT2D eigenvalue weighted by Gasteiger charge is -2.07.